The van der Waals surface area contributed by atoms with Crippen LogP contribution in [0.4, 0.5) is 0 Å². The number of hydrogen-bond donors (Lipinski definition) is 1. The molecule has 0 spiro atoms. The molecule has 26 heavy (non-hydrogen) atoms. The Labute approximate surface area is 147 Å². The van der Waals surface area contributed by atoms with Gasteiger partial charge in [0.1, 0.15) is 23.2 Å². The lowest BCUT2D eigenvalue weighted by Crippen LogP contribution is -2.23. The van der Waals surface area contributed by atoms with E-state index in [4.69, 9.17) is 9.05 Å². The highest BCUT2D eigenvalue weighted by molar-refractivity contribution is 5.99. The average Bonchev–Trinajstić information content (AvgIpc) is 3.37. The van der Waals surface area contributed by atoms with Crippen molar-refractivity contribution in [1.82, 2.24) is 25.6 Å². The second kappa shape index (κ2) is 6.98. The van der Waals surface area contributed by atoms with Crippen molar-refractivity contribution in [2.24, 2.45) is 0 Å². The van der Waals surface area contributed by atoms with E-state index < -0.39 is 0 Å². The molecule has 0 aliphatic carbocycles. The summed E-state index contributed by atoms with van der Waals surface area (Å²) >= 11 is 0. The van der Waals surface area contributed by atoms with Gasteiger partial charge in [-0.1, -0.05) is 46.7 Å². The number of amides is 1. The molecule has 3 aromatic heterocycles. The second-order valence-electron chi connectivity index (χ2n) is 5.35. The van der Waals surface area contributed by atoms with E-state index in [2.05, 4.69) is 25.6 Å². The van der Waals surface area contributed by atoms with Gasteiger partial charge in [-0.25, -0.2) is 0 Å². The van der Waals surface area contributed by atoms with Crippen molar-refractivity contribution in [3.63, 3.8) is 0 Å². The standard InChI is InChI=1S/C18H13N5O3/c24-18(13-11-25-22-16(13)12-6-2-1-3-7-12)20-10-15-21-17(23-26-15)14-8-4-5-9-19-14/h1-9,11H,10H2,(H,20,24). The molecule has 0 bridgehead atoms. The number of nitrogens with zero attached hydrogens (tertiary/aromatic N) is 4. The molecule has 0 saturated heterocycles. The maximum atomic E-state index is 12.4. The van der Waals surface area contributed by atoms with Crippen molar-refractivity contribution in [3.05, 3.63) is 72.4 Å². The van der Waals surface area contributed by atoms with Crippen LogP contribution in [-0.4, -0.2) is 26.2 Å². The molecule has 0 saturated carbocycles. The number of nitrogens with one attached hydrogen (secondary N) is 1. The number of benzene rings is 1. The third-order valence-electron chi connectivity index (χ3n) is 3.62. The molecule has 0 fully saturated rings. The highest BCUT2D eigenvalue weighted by Crippen LogP contribution is 2.21. The van der Waals surface area contributed by atoms with E-state index in [-0.39, 0.29) is 18.3 Å². The van der Waals surface area contributed by atoms with Gasteiger partial charge in [-0.05, 0) is 12.1 Å². The zero-order chi connectivity index (χ0) is 17.8. The molecule has 4 aromatic rings. The minimum absolute atomic E-state index is 0.0814. The molecule has 0 atom stereocenters. The predicted octanol–water partition coefficient (Wildman–Crippen LogP) is 2.72. The molecule has 8 heteroatoms. The molecule has 128 valence electrons. The molecule has 0 aliphatic rings. The quantitative estimate of drug-likeness (QED) is 0.591. The topological polar surface area (TPSA) is 107 Å². The van der Waals surface area contributed by atoms with E-state index >= 15 is 0 Å². The molecule has 4 rings (SSSR count). The Morgan fingerprint density at radius 2 is 1.88 bits per heavy atom. The van der Waals surface area contributed by atoms with Crippen LogP contribution in [0, 0.1) is 0 Å². The first-order valence-corrected chi connectivity index (χ1v) is 7.83. The Kier molecular flexibility index (Phi) is 4.21. The highest BCUT2D eigenvalue weighted by Gasteiger charge is 2.18. The Morgan fingerprint density at radius 1 is 1.04 bits per heavy atom. The van der Waals surface area contributed by atoms with Crippen LogP contribution in [0.1, 0.15) is 16.2 Å². The third kappa shape index (κ3) is 3.20. The van der Waals surface area contributed by atoms with Crippen LogP contribution in [-0.2, 0) is 6.54 Å². The highest BCUT2D eigenvalue weighted by atomic mass is 16.5. The Balaban J connectivity index is 1.46. The minimum Gasteiger partial charge on any atom is -0.363 e. The molecule has 0 unspecified atom stereocenters. The molecule has 3 heterocycles. The van der Waals surface area contributed by atoms with Crippen LogP contribution in [0.2, 0.25) is 0 Å². The lowest BCUT2D eigenvalue weighted by molar-refractivity contribution is 0.0946. The summed E-state index contributed by atoms with van der Waals surface area (Å²) in [4.78, 5) is 20.8. The van der Waals surface area contributed by atoms with Crippen molar-refractivity contribution < 1.29 is 13.8 Å². The van der Waals surface area contributed by atoms with Crippen molar-refractivity contribution in [1.29, 1.82) is 0 Å². The van der Waals surface area contributed by atoms with Gasteiger partial charge < -0.3 is 14.4 Å². The average molecular weight is 347 g/mol. The molecular formula is C18H13N5O3. The van der Waals surface area contributed by atoms with E-state index in [1.54, 1.807) is 18.3 Å². The molecule has 1 N–H and O–H groups in total. The number of rotatable bonds is 5. The minimum atomic E-state index is -0.345. The van der Waals surface area contributed by atoms with Crippen LogP contribution in [0.3, 0.4) is 0 Å². The monoisotopic (exact) mass is 347 g/mol. The predicted molar refractivity (Wildman–Crippen MR) is 90.6 cm³/mol. The Bertz CT molecular complexity index is 1010. The molecular weight excluding hydrogens is 334 g/mol. The van der Waals surface area contributed by atoms with E-state index in [0.717, 1.165) is 5.56 Å². The lowest BCUT2D eigenvalue weighted by atomic mass is 10.1. The summed E-state index contributed by atoms with van der Waals surface area (Å²) in [6, 6.07) is 14.7. The van der Waals surface area contributed by atoms with E-state index in [9.17, 15) is 4.79 Å². The van der Waals surface area contributed by atoms with Crippen LogP contribution in [0.5, 0.6) is 0 Å². The van der Waals surface area contributed by atoms with Crippen molar-refractivity contribution in [2.45, 2.75) is 6.54 Å². The van der Waals surface area contributed by atoms with Crippen molar-refractivity contribution in [3.8, 4) is 22.8 Å². The first kappa shape index (κ1) is 15.7. The lowest BCUT2D eigenvalue weighted by Gasteiger charge is -2.02. The maximum absolute atomic E-state index is 12.4. The van der Waals surface area contributed by atoms with E-state index in [1.807, 2.05) is 36.4 Å². The number of pyridine rings is 1. The van der Waals surface area contributed by atoms with Gasteiger partial charge in [0.15, 0.2) is 0 Å². The van der Waals surface area contributed by atoms with Crippen molar-refractivity contribution in [2.75, 3.05) is 0 Å². The zero-order valence-corrected chi connectivity index (χ0v) is 13.5. The maximum Gasteiger partial charge on any atom is 0.257 e. The fourth-order valence-electron chi connectivity index (χ4n) is 2.38. The molecule has 1 amide bonds. The van der Waals surface area contributed by atoms with Gasteiger partial charge in [0, 0.05) is 11.8 Å². The van der Waals surface area contributed by atoms with Crippen LogP contribution < -0.4 is 5.32 Å². The molecule has 0 aliphatic heterocycles. The zero-order valence-electron chi connectivity index (χ0n) is 13.5. The van der Waals surface area contributed by atoms with Gasteiger partial charge in [-0.2, -0.15) is 4.98 Å². The fourth-order valence-corrected chi connectivity index (χ4v) is 2.38. The summed E-state index contributed by atoms with van der Waals surface area (Å²) in [5, 5.41) is 10.5. The van der Waals surface area contributed by atoms with E-state index in [0.29, 0.717) is 22.8 Å². The summed E-state index contributed by atoms with van der Waals surface area (Å²) in [6.07, 6.45) is 2.95. The Morgan fingerprint density at radius 3 is 2.69 bits per heavy atom. The largest absolute Gasteiger partial charge is 0.363 e. The molecule has 8 nitrogen and oxygen atoms in total. The smallest absolute Gasteiger partial charge is 0.257 e. The summed E-state index contributed by atoms with van der Waals surface area (Å²) in [5.41, 5.74) is 2.20. The van der Waals surface area contributed by atoms with Crippen LogP contribution in [0.15, 0.2) is 70.0 Å². The summed E-state index contributed by atoms with van der Waals surface area (Å²) in [6.45, 7) is 0.0814. The second-order valence-corrected chi connectivity index (χ2v) is 5.35. The summed E-state index contributed by atoms with van der Waals surface area (Å²) in [7, 11) is 0. The number of carbonyl (C=O) groups is 1. The number of carbonyl (C=O) groups excluding carboxylic acids is 1. The van der Waals surface area contributed by atoms with Gasteiger partial charge in [-0.15, -0.1) is 0 Å². The fraction of sp³-hybridized carbons (Fsp3) is 0.0556. The SMILES string of the molecule is O=C(NCc1nc(-c2ccccn2)no1)c1conc1-c1ccccc1. The van der Waals surface area contributed by atoms with Gasteiger partial charge in [0.25, 0.3) is 5.91 Å². The Hall–Kier alpha value is -3.81. The third-order valence-corrected chi connectivity index (χ3v) is 3.62. The van der Waals surface area contributed by atoms with Gasteiger partial charge in [0.2, 0.25) is 11.7 Å². The molecule has 0 radical (unpaired) electrons. The van der Waals surface area contributed by atoms with Crippen LogP contribution in [0.25, 0.3) is 22.8 Å². The molecule has 1 aromatic carbocycles. The number of hydrogen-bond acceptors (Lipinski definition) is 7. The van der Waals surface area contributed by atoms with Crippen LogP contribution >= 0.6 is 0 Å². The van der Waals surface area contributed by atoms with Crippen molar-refractivity contribution >= 4 is 5.91 Å². The summed E-state index contributed by atoms with van der Waals surface area (Å²) < 4.78 is 10.1. The van der Waals surface area contributed by atoms with Gasteiger partial charge >= 0.3 is 0 Å². The van der Waals surface area contributed by atoms with Gasteiger partial charge in [0.05, 0.1) is 6.54 Å². The summed E-state index contributed by atoms with van der Waals surface area (Å²) in [5.74, 6) is 0.296. The first-order valence-electron chi connectivity index (χ1n) is 7.83. The van der Waals surface area contributed by atoms with Gasteiger partial charge in [-0.3, -0.25) is 9.78 Å². The number of aromatic nitrogens is 4. The normalized spacial score (nSPS) is 10.6. The first-order chi connectivity index (χ1) is 12.8. The van der Waals surface area contributed by atoms with E-state index in [1.165, 1.54) is 6.26 Å².